The van der Waals surface area contributed by atoms with E-state index >= 15 is 0 Å². The summed E-state index contributed by atoms with van der Waals surface area (Å²) in [6.07, 6.45) is 3.13. The minimum Gasteiger partial charge on any atom is -0.466 e. The van der Waals surface area contributed by atoms with Crippen LogP contribution >= 0.6 is 22.9 Å². The molecule has 4 rings (SSSR count). The average Bonchev–Trinajstić information content (AvgIpc) is 3.45. The molecule has 0 bridgehead atoms. The molecule has 1 aromatic heterocycles. The highest BCUT2D eigenvalue weighted by atomic mass is 35.5. The third-order valence-corrected chi connectivity index (χ3v) is 7.07. The van der Waals surface area contributed by atoms with Crippen molar-refractivity contribution in [3.8, 4) is 0 Å². The molecule has 0 saturated carbocycles. The molecule has 1 unspecified atom stereocenters. The lowest BCUT2D eigenvalue weighted by molar-refractivity contribution is -0.143. The SMILES string of the molecule is CCOC(=O)CCc1ccc2c(c1)C1(CCN(C(C)=O)C1)CN2C(=O)Nc1ncc(Cl)s1. The van der Waals surface area contributed by atoms with Gasteiger partial charge in [0.15, 0.2) is 5.13 Å². The number of halogens is 1. The molecule has 1 spiro atoms. The number of carbonyl (C=O) groups is 3. The Kier molecular flexibility index (Phi) is 6.39. The van der Waals surface area contributed by atoms with E-state index in [0.717, 1.165) is 23.2 Å². The number of likely N-dealkylation sites (tertiary alicyclic amines) is 1. The fraction of sp³-hybridized carbons (Fsp3) is 0.455. The first-order valence-corrected chi connectivity index (χ1v) is 11.7. The first kappa shape index (κ1) is 22.5. The number of aromatic nitrogens is 1. The van der Waals surface area contributed by atoms with Crippen LogP contribution in [-0.4, -0.2) is 54.0 Å². The molecule has 2 aliphatic rings. The monoisotopic (exact) mass is 476 g/mol. The minimum atomic E-state index is -0.335. The fourth-order valence-electron chi connectivity index (χ4n) is 4.49. The normalized spacial score (nSPS) is 19.3. The summed E-state index contributed by atoms with van der Waals surface area (Å²) < 4.78 is 5.54. The Hall–Kier alpha value is -2.65. The number of nitrogens with zero attached hydrogens (tertiary/aromatic N) is 3. The Morgan fingerprint density at radius 2 is 2.12 bits per heavy atom. The van der Waals surface area contributed by atoms with Gasteiger partial charge in [0.05, 0.1) is 12.8 Å². The summed E-state index contributed by atoms with van der Waals surface area (Å²) in [7, 11) is 0. The second-order valence-electron chi connectivity index (χ2n) is 8.11. The molecule has 1 N–H and O–H groups in total. The Balaban J connectivity index is 1.61. The number of ether oxygens (including phenoxy) is 1. The largest absolute Gasteiger partial charge is 0.466 e. The van der Waals surface area contributed by atoms with Crippen LogP contribution in [0.4, 0.5) is 15.6 Å². The van der Waals surface area contributed by atoms with Gasteiger partial charge in [-0.1, -0.05) is 35.1 Å². The van der Waals surface area contributed by atoms with Crippen molar-refractivity contribution in [1.82, 2.24) is 9.88 Å². The van der Waals surface area contributed by atoms with E-state index in [-0.39, 0.29) is 23.3 Å². The van der Waals surface area contributed by atoms with Gasteiger partial charge in [0, 0.05) is 44.1 Å². The highest BCUT2D eigenvalue weighted by Gasteiger charge is 2.49. The molecule has 8 nitrogen and oxygen atoms in total. The predicted molar refractivity (Wildman–Crippen MR) is 123 cm³/mol. The third-order valence-electron chi connectivity index (χ3n) is 6.04. The van der Waals surface area contributed by atoms with Crippen molar-refractivity contribution in [2.24, 2.45) is 0 Å². The Labute approximate surface area is 195 Å². The van der Waals surface area contributed by atoms with Gasteiger partial charge in [-0.2, -0.15) is 0 Å². The number of hydrogen-bond acceptors (Lipinski definition) is 6. The highest BCUT2D eigenvalue weighted by molar-refractivity contribution is 7.19. The van der Waals surface area contributed by atoms with Gasteiger partial charge in [0.25, 0.3) is 0 Å². The molecule has 0 aliphatic carbocycles. The van der Waals surface area contributed by atoms with Crippen molar-refractivity contribution in [3.63, 3.8) is 0 Å². The van der Waals surface area contributed by atoms with Crippen LogP contribution in [0.2, 0.25) is 4.34 Å². The summed E-state index contributed by atoms with van der Waals surface area (Å²) in [6.45, 7) is 5.40. The van der Waals surface area contributed by atoms with Crippen molar-refractivity contribution >= 4 is 51.7 Å². The fourth-order valence-corrected chi connectivity index (χ4v) is 5.30. The molecule has 1 saturated heterocycles. The number of rotatable bonds is 5. The van der Waals surface area contributed by atoms with E-state index in [1.807, 2.05) is 17.0 Å². The summed E-state index contributed by atoms with van der Waals surface area (Å²) in [6, 6.07) is 5.66. The first-order chi connectivity index (χ1) is 15.3. The number of hydrogen-bond donors (Lipinski definition) is 1. The molecule has 170 valence electrons. The summed E-state index contributed by atoms with van der Waals surface area (Å²) >= 11 is 7.14. The van der Waals surface area contributed by atoms with Gasteiger partial charge in [0.1, 0.15) is 4.34 Å². The molecule has 1 aromatic carbocycles. The number of benzene rings is 1. The molecule has 10 heteroatoms. The van der Waals surface area contributed by atoms with Crippen LogP contribution in [0.3, 0.4) is 0 Å². The number of anilines is 2. The van der Waals surface area contributed by atoms with Gasteiger partial charge in [-0.05, 0) is 37.0 Å². The number of aryl methyl sites for hydroxylation is 1. The summed E-state index contributed by atoms with van der Waals surface area (Å²) in [5.41, 5.74) is 2.52. The lowest BCUT2D eigenvalue weighted by Gasteiger charge is -2.25. The van der Waals surface area contributed by atoms with Crippen LogP contribution in [0.5, 0.6) is 0 Å². The molecule has 3 amide bonds. The molecule has 32 heavy (non-hydrogen) atoms. The second kappa shape index (κ2) is 9.07. The topological polar surface area (TPSA) is 91.8 Å². The van der Waals surface area contributed by atoms with Crippen molar-refractivity contribution in [2.75, 3.05) is 36.5 Å². The Bertz CT molecular complexity index is 1060. The van der Waals surface area contributed by atoms with E-state index in [9.17, 15) is 14.4 Å². The second-order valence-corrected chi connectivity index (χ2v) is 9.78. The number of amides is 3. The molecule has 2 aromatic rings. The lowest BCUT2D eigenvalue weighted by atomic mass is 9.81. The Morgan fingerprint density at radius 3 is 2.78 bits per heavy atom. The lowest BCUT2D eigenvalue weighted by Crippen LogP contribution is -2.41. The van der Waals surface area contributed by atoms with Crippen LogP contribution < -0.4 is 10.2 Å². The minimum absolute atomic E-state index is 0.0298. The van der Waals surface area contributed by atoms with Gasteiger partial charge in [-0.15, -0.1) is 0 Å². The molecule has 1 atom stereocenters. The zero-order valence-corrected chi connectivity index (χ0v) is 19.6. The highest BCUT2D eigenvalue weighted by Crippen LogP contribution is 2.47. The smallest absolute Gasteiger partial charge is 0.328 e. The van der Waals surface area contributed by atoms with E-state index in [0.29, 0.717) is 48.6 Å². The first-order valence-electron chi connectivity index (χ1n) is 10.6. The standard InChI is InChI=1S/C22H25ClN4O4S/c1-3-31-19(29)7-5-15-4-6-17-16(10-15)22(8-9-26(12-22)14(2)28)13-27(17)21(30)25-20-24-11-18(23)32-20/h4,6,10-11H,3,5,7-9,12-13H2,1-2H3,(H,24,25,30). The molecular formula is C22H25ClN4O4S. The van der Waals surface area contributed by atoms with Crippen molar-refractivity contribution in [1.29, 1.82) is 0 Å². The van der Waals surface area contributed by atoms with E-state index in [4.69, 9.17) is 16.3 Å². The molecule has 3 heterocycles. The van der Waals surface area contributed by atoms with Gasteiger partial charge in [-0.3, -0.25) is 19.8 Å². The van der Waals surface area contributed by atoms with Crippen LogP contribution in [0, 0.1) is 0 Å². The van der Waals surface area contributed by atoms with Crippen molar-refractivity contribution in [3.05, 3.63) is 39.9 Å². The summed E-state index contributed by atoms with van der Waals surface area (Å²) in [5.74, 6) is -0.198. The Morgan fingerprint density at radius 1 is 1.31 bits per heavy atom. The van der Waals surface area contributed by atoms with Gasteiger partial charge < -0.3 is 9.64 Å². The maximum atomic E-state index is 13.1. The van der Waals surface area contributed by atoms with Crippen LogP contribution in [0.25, 0.3) is 0 Å². The zero-order valence-electron chi connectivity index (χ0n) is 18.0. The van der Waals surface area contributed by atoms with Gasteiger partial charge >= 0.3 is 12.0 Å². The third kappa shape index (κ3) is 4.45. The van der Waals surface area contributed by atoms with Crippen LogP contribution in [0.1, 0.15) is 37.8 Å². The number of carbonyl (C=O) groups excluding carboxylic acids is 3. The molecular weight excluding hydrogens is 452 g/mol. The summed E-state index contributed by atoms with van der Waals surface area (Å²) in [5, 5.41) is 3.26. The quantitative estimate of drug-likeness (QED) is 0.662. The predicted octanol–water partition coefficient (Wildman–Crippen LogP) is 3.83. The number of nitrogens with one attached hydrogen (secondary N) is 1. The van der Waals surface area contributed by atoms with E-state index in [1.165, 1.54) is 17.5 Å². The van der Waals surface area contributed by atoms with Gasteiger partial charge in [-0.25, -0.2) is 9.78 Å². The number of fused-ring (bicyclic) bond motifs is 2. The van der Waals surface area contributed by atoms with Crippen LogP contribution in [0.15, 0.2) is 24.4 Å². The van der Waals surface area contributed by atoms with Gasteiger partial charge in [0.2, 0.25) is 5.91 Å². The number of thiazole rings is 1. The van der Waals surface area contributed by atoms with Crippen molar-refractivity contribution in [2.45, 2.75) is 38.5 Å². The number of esters is 1. The van der Waals surface area contributed by atoms with E-state index in [1.54, 1.807) is 18.7 Å². The van der Waals surface area contributed by atoms with Crippen LogP contribution in [-0.2, 0) is 26.2 Å². The number of urea groups is 1. The molecule has 1 fully saturated rings. The molecule has 2 aliphatic heterocycles. The summed E-state index contributed by atoms with van der Waals surface area (Å²) in [4.78, 5) is 44.6. The average molecular weight is 477 g/mol. The van der Waals surface area contributed by atoms with E-state index in [2.05, 4.69) is 16.4 Å². The molecule has 0 radical (unpaired) electrons. The maximum Gasteiger partial charge on any atom is 0.328 e. The maximum absolute atomic E-state index is 13.1. The zero-order chi connectivity index (χ0) is 22.9. The van der Waals surface area contributed by atoms with Crippen molar-refractivity contribution < 1.29 is 19.1 Å². The van der Waals surface area contributed by atoms with E-state index < -0.39 is 0 Å².